The van der Waals surface area contributed by atoms with E-state index in [4.69, 9.17) is 17.5 Å². The fourth-order valence-corrected chi connectivity index (χ4v) is 0.651. The summed E-state index contributed by atoms with van der Waals surface area (Å²) >= 11 is 0. The largest absolute Gasteiger partial charge is 0.394 e. The number of nitrogens with zero attached hydrogens (tertiary/aromatic N) is 1. The average molecular weight is 298 g/mol. The van der Waals surface area contributed by atoms with Gasteiger partial charge in [0.05, 0.1) is 0 Å². The van der Waals surface area contributed by atoms with Crippen LogP contribution in [0.2, 0.25) is 0 Å². The van der Waals surface area contributed by atoms with E-state index in [0.717, 1.165) is 18.4 Å². The zero-order valence-electron chi connectivity index (χ0n) is 12.5. The molecule has 0 aliphatic carbocycles. The molecule has 116 valence electrons. The lowest BCUT2D eigenvalue weighted by Gasteiger charge is -1.97. The summed E-state index contributed by atoms with van der Waals surface area (Å²) in [6, 6.07) is 0. The van der Waals surface area contributed by atoms with Crippen LogP contribution >= 0.6 is 0 Å². The van der Waals surface area contributed by atoms with E-state index < -0.39 is 10.4 Å². The van der Waals surface area contributed by atoms with E-state index in [-0.39, 0.29) is 5.91 Å². The molecule has 0 spiro atoms. The Labute approximate surface area is 116 Å². The van der Waals surface area contributed by atoms with E-state index in [1.807, 2.05) is 39.0 Å². The Hall–Kier alpha value is -0.960. The van der Waals surface area contributed by atoms with Crippen LogP contribution in [0.3, 0.4) is 0 Å². The molecule has 0 unspecified atom stereocenters. The number of carbonyl (C=O) groups is 1. The van der Waals surface area contributed by atoms with Crippen molar-refractivity contribution in [2.45, 2.75) is 26.7 Å². The second-order valence-electron chi connectivity index (χ2n) is 4.04. The number of carbonyl (C=O) groups excluding carboxylic acids is 1. The summed E-state index contributed by atoms with van der Waals surface area (Å²) in [6.07, 6.45) is 4.03. The minimum atomic E-state index is -4.67. The van der Waals surface area contributed by atoms with Crippen LogP contribution in [-0.4, -0.2) is 56.5 Å². The minimum absolute atomic E-state index is 0.0217. The standard InChI is InChI=1S/C8H15NO.C3H9N.H2O4S/c1-4-5-6-7(2)8(10)9-3;1-4(2)3;1-5(2,3)4/h6H,4-5H2,1-3H3,(H,9,10);1-3H3;(H2,1,2,3,4). The molecule has 0 aromatic rings. The van der Waals surface area contributed by atoms with Crippen LogP contribution in [0.15, 0.2) is 11.6 Å². The van der Waals surface area contributed by atoms with Crippen molar-refractivity contribution in [3.05, 3.63) is 11.6 Å². The van der Waals surface area contributed by atoms with E-state index >= 15 is 0 Å². The zero-order chi connectivity index (χ0) is 16.1. The Balaban J connectivity index is -0.000000238. The quantitative estimate of drug-likeness (QED) is 0.530. The van der Waals surface area contributed by atoms with Gasteiger partial charge < -0.3 is 10.2 Å². The van der Waals surface area contributed by atoms with Gasteiger partial charge in [0.15, 0.2) is 0 Å². The number of amides is 1. The summed E-state index contributed by atoms with van der Waals surface area (Å²) < 4.78 is 31.6. The van der Waals surface area contributed by atoms with Gasteiger partial charge in [-0.15, -0.1) is 0 Å². The number of rotatable bonds is 3. The smallest absolute Gasteiger partial charge is 0.355 e. The maximum atomic E-state index is 10.8. The Morgan fingerprint density at radius 2 is 1.58 bits per heavy atom. The molecule has 0 atom stereocenters. The summed E-state index contributed by atoms with van der Waals surface area (Å²) in [7, 11) is 2.98. The van der Waals surface area contributed by atoms with E-state index in [1.165, 1.54) is 0 Å². The predicted molar refractivity (Wildman–Crippen MR) is 76.5 cm³/mol. The highest BCUT2D eigenvalue weighted by Crippen LogP contribution is 1.96. The molecule has 19 heavy (non-hydrogen) atoms. The molecule has 7 nitrogen and oxygen atoms in total. The van der Waals surface area contributed by atoms with Gasteiger partial charge in [-0.25, -0.2) is 0 Å². The summed E-state index contributed by atoms with van der Waals surface area (Å²) in [5.41, 5.74) is 0.810. The molecule has 0 bridgehead atoms. The SMILES string of the molecule is CCCC=C(C)C(=O)NC.CN(C)C.O=S(=O)(O)O. The summed E-state index contributed by atoms with van der Waals surface area (Å²) in [5, 5.41) is 2.57. The van der Waals surface area contributed by atoms with E-state index in [2.05, 4.69) is 12.2 Å². The lowest BCUT2D eigenvalue weighted by Crippen LogP contribution is -2.18. The molecular formula is C11H26N2O5S. The first-order valence-corrected chi connectivity index (χ1v) is 7.05. The number of unbranched alkanes of at least 4 members (excludes halogenated alkanes) is 1. The number of hydrogen-bond acceptors (Lipinski definition) is 4. The van der Waals surface area contributed by atoms with Gasteiger partial charge in [0.1, 0.15) is 0 Å². The molecule has 3 N–H and O–H groups in total. The fraction of sp³-hybridized carbons (Fsp3) is 0.727. The van der Waals surface area contributed by atoms with Gasteiger partial charge in [0.25, 0.3) is 0 Å². The fourth-order valence-electron chi connectivity index (χ4n) is 0.651. The van der Waals surface area contributed by atoms with Crippen LogP contribution in [0, 0.1) is 0 Å². The van der Waals surface area contributed by atoms with E-state index in [0.29, 0.717) is 0 Å². The van der Waals surface area contributed by atoms with Crippen LogP contribution < -0.4 is 5.32 Å². The third kappa shape index (κ3) is 47.2. The molecule has 8 heteroatoms. The molecule has 0 aromatic carbocycles. The van der Waals surface area contributed by atoms with Crippen molar-refractivity contribution >= 4 is 16.3 Å². The second kappa shape index (κ2) is 13.5. The van der Waals surface area contributed by atoms with Crippen molar-refractivity contribution in [1.29, 1.82) is 0 Å². The number of likely N-dealkylation sites (N-methyl/N-ethyl adjacent to an activating group) is 1. The third-order valence-corrected chi connectivity index (χ3v) is 1.32. The van der Waals surface area contributed by atoms with Gasteiger partial charge in [-0.3, -0.25) is 13.9 Å². The summed E-state index contributed by atoms with van der Waals surface area (Å²) in [4.78, 5) is 12.8. The van der Waals surface area contributed by atoms with Gasteiger partial charge in [-0.1, -0.05) is 19.4 Å². The molecule has 1 amide bonds. The Morgan fingerprint density at radius 3 is 1.79 bits per heavy atom. The highest BCUT2D eigenvalue weighted by atomic mass is 32.3. The van der Waals surface area contributed by atoms with Crippen molar-refractivity contribution in [3.63, 3.8) is 0 Å². The monoisotopic (exact) mass is 298 g/mol. The second-order valence-corrected chi connectivity index (χ2v) is 4.94. The minimum Gasteiger partial charge on any atom is -0.355 e. The summed E-state index contributed by atoms with van der Waals surface area (Å²) in [5.74, 6) is 0.0217. The van der Waals surface area contributed by atoms with Crippen LogP contribution in [0.5, 0.6) is 0 Å². The molecule has 0 aliphatic heterocycles. The van der Waals surface area contributed by atoms with Crippen molar-refractivity contribution in [3.8, 4) is 0 Å². The molecule has 0 aliphatic rings. The van der Waals surface area contributed by atoms with E-state index in [9.17, 15) is 4.79 Å². The van der Waals surface area contributed by atoms with Crippen LogP contribution in [0.1, 0.15) is 26.7 Å². The number of hydrogen-bond donors (Lipinski definition) is 3. The Bertz CT molecular complexity index is 339. The lowest BCUT2D eigenvalue weighted by molar-refractivity contribution is -0.117. The van der Waals surface area contributed by atoms with Crippen LogP contribution in [-0.2, 0) is 15.2 Å². The predicted octanol–water partition coefficient (Wildman–Crippen LogP) is 1.00. The Morgan fingerprint density at radius 1 is 1.26 bits per heavy atom. The van der Waals surface area contributed by atoms with Gasteiger partial charge in [-0.05, 0) is 34.5 Å². The summed E-state index contributed by atoms with van der Waals surface area (Å²) in [6.45, 7) is 3.92. The molecule has 0 fully saturated rings. The van der Waals surface area contributed by atoms with Gasteiger partial charge in [-0.2, -0.15) is 8.42 Å². The normalized spacial score (nSPS) is 10.9. The maximum absolute atomic E-state index is 10.8. The van der Waals surface area contributed by atoms with Crippen LogP contribution in [0.25, 0.3) is 0 Å². The van der Waals surface area contributed by atoms with Gasteiger partial charge in [0, 0.05) is 12.6 Å². The third-order valence-electron chi connectivity index (χ3n) is 1.32. The first-order chi connectivity index (χ1) is 8.45. The first kappa shape index (κ1) is 23.2. The molecule has 0 saturated carbocycles. The maximum Gasteiger partial charge on any atom is 0.394 e. The molecule has 0 radical (unpaired) electrons. The Kier molecular flexibility index (Phi) is 16.4. The molecular weight excluding hydrogens is 272 g/mol. The van der Waals surface area contributed by atoms with E-state index in [1.54, 1.807) is 7.05 Å². The molecule has 0 saturated heterocycles. The average Bonchev–Trinajstić information content (AvgIpc) is 2.21. The van der Waals surface area contributed by atoms with Gasteiger partial charge >= 0.3 is 10.4 Å². The van der Waals surface area contributed by atoms with Crippen LogP contribution in [0.4, 0.5) is 0 Å². The van der Waals surface area contributed by atoms with Crippen molar-refractivity contribution < 1.29 is 22.3 Å². The van der Waals surface area contributed by atoms with Crippen molar-refractivity contribution in [2.75, 3.05) is 28.2 Å². The van der Waals surface area contributed by atoms with Crippen molar-refractivity contribution in [2.24, 2.45) is 0 Å². The molecule has 0 heterocycles. The molecule has 0 aromatic heterocycles. The molecule has 0 rings (SSSR count). The highest BCUT2D eigenvalue weighted by molar-refractivity contribution is 7.79. The topological polar surface area (TPSA) is 107 Å². The zero-order valence-corrected chi connectivity index (χ0v) is 13.3. The highest BCUT2D eigenvalue weighted by Gasteiger charge is 1.97. The number of allylic oxidation sites excluding steroid dienone is 1. The van der Waals surface area contributed by atoms with Crippen molar-refractivity contribution in [1.82, 2.24) is 10.2 Å². The first-order valence-electron chi connectivity index (χ1n) is 5.65. The lowest BCUT2D eigenvalue weighted by atomic mass is 10.2. The van der Waals surface area contributed by atoms with Gasteiger partial charge in [0.2, 0.25) is 5.91 Å². The number of nitrogens with one attached hydrogen (secondary N) is 1.